The molecule has 240 valence electrons. The second-order valence-electron chi connectivity index (χ2n) is 11.1. The van der Waals surface area contributed by atoms with Crippen LogP contribution in [-0.4, -0.2) is 38.9 Å². The topological polar surface area (TPSA) is 131 Å². The Balaban J connectivity index is 1.21. The van der Waals surface area contributed by atoms with Crippen molar-refractivity contribution >= 4 is 29.3 Å². The van der Waals surface area contributed by atoms with Crippen molar-refractivity contribution in [1.29, 1.82) is 0 Å². The molecule has 1 aromatic heterocycles. The van der Waals surface area contributed by atoms with Crippen LogP contribution in [0.4, 0.5) is 5.69 Å². The van der Waals surface area contributed by atoms with E-state index in [1.165, 1.54) is 11.8 Å². The predicted octanol–water partition coefficient (Wildman–Crippen LogP) is 7.64. The molecule has 0 aliphatic carbocycles. The summed E-state index contributed by atoms with van der Waals surface area (Å²) in [6.45, 7) is -0.0396. The van der Waals surface area contributed by atoms with Crippen molar-refractivity contribution < 1.29 is 33.7 Å². The summed E-state index contributed by atoms with van der Waals surface area (Å²) in [7, 11) is 0. The number of thioether (sulfide) groups is 1. The maximum Gasteiger partial charge on any atom is 0.303 e. The number of rotatable bonds is 12. The van der Waals surface area contributed by atoms with E-state index in [0.717, 1.165) is 33.5 Å². The van der Waals surface area contributed by atoms with Gasteiger partial charge in [-0.2, -0.15) is 0 Å². The lowest BCUT2D eigenvalue weighted by Gasteiger charge is -2.36. The van der Waals surface area contributed by atoms with Gasteiger partial charge in [-0.25, -0.2) is 4.98 Å². The van der Waals surface area contributed by atoms with Crippen molar-refractivity contribution in [3.05, 3.63) is 126 Å². The van der Waals surface area contributed by atoms with Crippen LogP contribution in [0.25, 0.3) is 22.6 Å². The van der Waals surface area contributed by atoms with E-state index in [1.54, 1.807) is 12.1 Å². The summed E-state index contributed by atoms with van der Waals surface area (Å²) >= 11 is 1.49. The van der Waals surface area contributed by atoms with Gasteiger partial charge < -0.3 is 29.4 Å². The number of amides is 1. The molecule has 0 unspecified atom stereocenters. The standard InChI is InChI=1S/C37H34N2O7S/c40-22-24-11-13-25(14-12-24)31-21-30(44-36(45-31)28-15-17-29(18-16-28)38-32(41)19-20-33(42)43)23-47-37-39-34(26-7-3-1-4-8-26)35(46-37)27-9-5-2-6-10-27/h1-18,30-31,36,40H,19-23H2,(H,38,41)(H,42,43)/t30-,31+,36+/m1/s1. The van der Waals surface area contributed by atoms with Crippen molar-refractivity contribution in [3.8, 4) is 22.6 Å². The Bertz CT molecular complexity index is 1720. The molecule has 3 N–H and O–H groups in total. The van der Waals surface area contributed by atoms with Gasteiger partial charge in [0.1, 0.15) is 5.69 Å². The molecule has 3 atom stereocenters. The lowest BCUT2D eigenvalue weighted by molar-refractivity contribution is -0.245. The number of carbonyl (C=O) groups excluding carboxylic acids is 1. The monoisotopic (exact) mass is 650 g/mol. The number of aliphatic carboxylic acids is 1. The summed E-state index contributed by atoms with van der Waals surface area (Å²) in [6.07, 6.45) is -0.916. The second-order valence-corrected chi connectivity index (χ2v) is 12.1. The zero-order valence-electron chi connectivity index (χ0n) is 25.5. The van der Waals surface area contributed by atoms with Gasteiger partial charge in [-0.1, -0.05) is 109 Å². The van der Waals surface area contributed by atoms with E-state index >= 15 is 0 Å². The van der Waals surface area contributed by atoms with Crippen LogP contribution in [0.15, 0.2) is 119 Å². The van der Waals surface area contributed by atoms with E-state index in [2.05, 4.69) is 5.32 Å². The van der Waals surface area contributed by atoms with Crippen LogP contribution in [0.1, 0.15) is 48.3 Å². The summed E-state index contributed by atoms with van der Waals surface area (Å²) < 4.78 is 19.3. The second kappa shape index (κ2) is 15.2. The largest absolute Gasteiger partial charge is 0.481 e. The van der Waals surface area contributed by atoms with Crippen LogP contribution >= 0.6 is 11.8 Å². The smallest absolute Gasteiger partial charge is 0.303 e. The SMILES string of the molecule is O=C(O)CCC(=O)Nc1ccc([C@H]2O[C@@H](CSc3nc(-c4ccccc4)c(-c4ccccc4)o3)C[C@@H](c3ccc(CO)cc3)O2)cc1. The molecule has 0 saturated carbocycles. The van der Waals surface area contributed by atoms with E-state index in [4.69, 9.17) is 24.0 Å². The minimum Gasteiger partial charge on any atom is -0.481 e. The highest BCUT2D eigenvalue weighted by molar-refractivity contribution is 7.99. The Hall–Kier alpha value is -4.74. The number of oxazole rings is 1. The summed E-state index contributed by atoms with van der Waals surface area (Å²) in [6, 6.07) is 34.7. The number of carboxylic acid groups (broad SMARTS) is 1. The van der Waals surface area contributed by atoms with Crippen LogP contribution in [-0.2, 0) is 25.7 Å². The van der Waals surface area contributed by atoms with Gasteiger partial charge in [0, 0.05) is 41.0 Å². The number of benzene rings is 4. The maximum atomic E-state index is 12.1. The molecule has 4 aromatic carbocycles. The molecule has 2 heterocycles. The summed E-state index contributed by atoms with van der Waals surface area (Å²) in [5.41, 5.74) is 5.81. The number of aliphatic hydroxyl groups is 1. The van der Waals surface area contributed by atoms with Crippen LogP contribution in [0.2, 0.25) is 0 Å². The van der Waals surface area contributed by atoms with Crippen LogP contribution < -0.4 is 5.32 Å². The number of hydrogen-bond donors (Lipinski definition) is 3. The number of aliphatic hydroxyl groups excluding tert-OH is 1. The lowest BCUT2D eigenvalue weighted by atomic mass is 10.0. The van der Waals surface area contributed by atoms with Gasteiger partial charge in [0.2, 0.25) is 5.91 Å². The Labute approximate surface area is 276 Å². The van der Waals surface area contributed by atoms with E-state index in [0.29, 0.717) is 28.8 Å². The molecule has 6 rings (SSSR count). The van der Waals surface area contributed by atoms with Gasteiger partial charge >= 0.3 is 5.97 Å². The molecule has 1 fully saturated rings. The fraction of sp³-hybridized carbons (Fsp3) is 0.216. The molecule has 1 amide bonds. The molecule has 1 aliphatic heterocycles. The van der Waals surface area contributed by atoms with Crippen LogP contribution in [0.3, 0.4) is 0 Å². The third-order valence-electron chi connectivity index (χ3n) is 7.73. The molecular formula is C37H34N2O7S. The summed E-state index contributed by atoms with van der Waals surface area (Å²) in [5, 5.41) is 21.6. The molecule has 0 radical (unpaired) electrons. The molecular weight excluding hydrogens is 616 g/mol. The van der Waals surface area contributed by atoms with E-state index in [-0.39, 0.29) is 37.6 Å². The number of ether oxygens (including phenoxy) is 2. The number of carbonyl (C=O) groups is 2. The number of nitrogens with one attached hydrogen (secondary N) is 1. The summed E-state index contributed by atoms with van der Waals surface area (Å²) in [5.74, 6) is -0.120. The highest BCUT2D eigenvalue weighted by Crippen LogP contribution is 2.41. The molecule has 47 heavy (non-hydrogen) atoms. The van der Waals surface area contributed by atoms with Gasteiger partial charge in [0.25, 0.3) is 5.22 Å². The first kappa shape index (κ1) is 32.2. The van der Waals surface area contributed by atoms with E-state index in [1.807, 2.05) is 97.1 Å². The molecule has 1 aliphatic rings. The Morgan fingerprint density at radius 3 is 2.13 bits per heavy atom. The average Bonchev–Trinajstić information content (AvgIpc) is 3.55. The molecule has 0 spiro atoms. The zero-order valence-corrected chi connectivity index (χ0v) is 26.3. The van der Waals surface area contributed by atoms with Gasteiger partial charge in [-0.3, -0.25) is 9.59 Å². The summed E-state index contributed by atoms with van der Waals surface area (Å²) in [4.78, 5) is 27.8. The molecule has 0 bridgehead atoms. The number of anilines is 1. The lowest BCUT2D eigenvalue weighted by Crippen LogP contribution is -2.31. The van der Waals surface area contributed by atoms with Gasteiger partial charge in [0.05, 0.1) is 25.2 Å². The zero-order chi connectivity index (χ0) is 32.6. The normalized spacial score (nSPS) is 17.7. The quantitative estimate of drug-likeness (QED) is 0.117. The minimum absolute atomic E-state index is 0.0396. The third kappa shape index (κ3) is 8.35. The van der Waals surface area contributed by atoms with Crippen LogP contribution in [0.5, 0.6) is 0 Å². The Morgan fingerprint density at radius 2 is 1.47 bits per heavy atom. The first-order valence-corrected chi connectivity index (χ1v) is 16.3. The molecule has 10 heteroatoms. The van der Waals surface area contributed by atoms with Gasteiger partial charge in [-0.05, 0) is 23.3 Å². The van der Waals surface area contributed by atoms with Gasteiger partial charge in [0.15, 0.2) is 12.1 Å². The van der Waals surface area contributed by atoms with Crippen molar-refractivity contribution in [1.82, 2.24) is 4.98 Å². The molecule has 5 aromatic rings. The van der Waals surface area contributed by atoms with Crippen molar-refractivity contribution in [3.63, 3.8) is 0 Å². The minimum atomic E-state index is -1.02. The molecule has 9 nitrogen and oxygen atoms in total. The van der Waals surface area contributed by atoms with Crippen molar-refractivity contribution in [2.75, 3.05) is 11.1 Å². The Morgan fingerprint density at radius 1 is 0.809 bits per heavy atom. The number of carboxylic acids is 1. The van der Waals surface area contributed by atoms with Crippen molar-refractivity contribution in [2.24, 2.45) is 0 Å². The fourth-order valence-electron chi connectivity index (χ4n) is 5.29. The Kier molecular flexibility index (Phi) is 10.4. The highest BCUT2D eigenvalue weighted by atomic mass is 32.2. The van der Waals surface area contributed by atoms with Gasteiger partial charge in [-0.15, -0.1) is 0 Å². The number of aromatic nitrogens is 1. The van der Waals surface area contributed by atoms with E-state index in [9.17, 15) is 14.7 Å². The third-order valence-corrected chi connectivity index (χ3v) is 8.69. The van der Waals surface area contributed by atoms with E-state index < -0.39 is 12.3 Å². The number of hydrogen-bond acceptors (Lipinski definition) is 8. The predicted molar refractivity (Wildman–Crippen MR) is 178 cm³/mol. The van der Waals surface area contributed by atoms with Crippen molar-refractivity contribution in [2.45, 2.75) is 49.6 Å². The first-order chi connectivity index (χ1) is 22.9. The average molecular weight is 651 g/mol. The highest BCUT2D eigenvalue weighted by Gasteiger charge is 2.33. The fourth-order valence-corrected chi connectivity index (χ4v) is 6.13. The molecule has 1 saturated heterocycles. The number of nitrogens with zero attached hydrogens (tertiary/aromatic N) is 1. The maximum absolute atomic E-state index is 12.1. The van der Waals surface area contributed by atoms with Crippen LogP contribution in [0, 0.1) is 0 Å². The first-order valence-electron chi connectivity index (χ1n) is 15.3.